The largest absolute Gasteiger partial charge is 0.460 e. The van der Waals surface area contributed by atoms with Crippen LogP contribution in [0, 0.1) is 5.41 Å². The maximum absolute atomic E-state index is 13.1. The van der Waals surface area contributed by atoms with Crippen molar-refractivity contribution >= 4 is 62.4 Å². The maximum Gasteiger partial charge on any atom is 0.397 e. The molecule has 0 aliphatic carbocycles. The topological polar surface area (TPSA) is 176 Å². The standard InChI is InChI=1S/C28H34N4O4S2.CH4O4S/c1-19-24(26(35)30-16-14-23(33)36-28(2,3)4)38-27(32(19)17-15-20-8-6-5-7-9-20)31-25(34)21-10-12-22(13-11-21)37-18-29;1-5-6(2,3)4/h5-13,18-19,24,29H,14-17H2,1-4H3,(H,30,35);1H3,(H,2,3,4). The van der Waals surface area contributed by atoms with E-state index in [9.17, 15) is 22.8 Å². The van der Waals surface area contributed by atoms with Crippen molar-refractivity contribution in [1.29, 1.82) is 5.41 Å². The Morgan fingerprint density at radius 1 is 1.14 bits per heavy atom. The first-order chi connectivity index (χ1) is 20.6. The van der Waals surface area contributed by atoms with Crippen molar-refractivity contribution in [2.45, 2.75) is 62.3 Å². The van der Waals surface area contributed by atoms with E-state index in [1.54, 1.807) is 45.0 Å². The summed E-state index contributed by atoms with van der Waals surface area (Å²) in [5.41, 5.74) is 2.25. The molecule has 2 aromatic rings. The van der Waals surface area contributed by atoms with Gasteiger partial charge in [0, 0.05) is 29.6 Å². The highest BCUT2D eigenvalue weighted by Crippen LogP contribution is 2.32. The second kappa shape index (κ2) is 17.3. The van der Waals surface area contributed by atoms with Gasteiger partial charge in [-0.15, -0.1) is 0 Å². The number of carbonyl (C=O) groups is 3. The molecule has 44 heavy (non-hydrogen) atoms. The first-order valence-electron chi connectivity index (χ1n) is 13.5. The average molecular weight is 667 g/mol. The summed E-state index contributed by atoms with van der Waals surface area (Å²) >= 11 is 2.52. The van der Waals surface area contributed by atoms with Crippen LogP contribution in [0.15, 0.2) is 64.5 Å². The average Bonchev–Trinajstić information content (AvgIpc) is 3.26. The zero-order valence-corrected chi connectivity index (χ0v) is 27.6. The van der Waals surface area contributed by atoms with E-state index in [1.807, 2.05) is 42.2 Å². The van der Waals surface area contributed by atoms with Gasteiger partial charge in [0.25, 0.3) is 5.91 Å². The molecule has 0 aromatic heterocycles. The number of amidine groups is 1. The fraction of sp³-hybridized carbons (Fsp3) is 0.414. The molecule has 0 spiro atoms. The van der Waals surface area contributed by atoms with Gasteiger partial charge >= 0.3 is 16.4 Å². The second-order valence-corrected chi connectivity index (χ2v) is 13.6. The van der Waals surface area contributed by atoms with Crippen LogP contribution in [0.5, 0.6) is 0 Å². The molecule has 3 N–H and O–H groups in total. The molecule has 3 rings (SSSR count). The molecule has 2 unspecified atom stereocenters. The highest BCUT2D eigenvalue weighted by atomic mass is 32.3. The number of thioether (sulfide) groups is 2. The summed E-state index contributed by atoms with van der Waals surface area (Å²) in [5.74, 6) is -0.962. The summed E-state index contributed by atoms with van der Waals surface area (Å²) in [6.45, 7) is 8.13. The van der Waals surface area contributed by atoms with Crippen LogP contribution in [0.4, 0.5) is 0 Å². The molecule has 2 aromatic carbocycles. The van der Waals surface area contributed by atoms with Crippen LogP contribution in [0.3, 0.4) is 0 Å². The number of amides is 2. The molecule has 1 saturated heterocycles. The summed E-state index contributed by atoms with van der Waals surface area (Å²) in [6.07, 6.45) is 0.819. The van der Waals surface area contributed by atoms with Crippen LogP contribution >= 0.6 is 23.5 Å². The molecule has 15 heteroatoms. The van der Waals surface area contributed by atoms with Gasteiger partial charge in [0.15, 0.2) is 5.17 Å². The van der Waals surface area contributed by atoms with E-state index in [1.165, 1.54) is 29.1 Å². The van der Waals surface area contributed by atoms with Gasteiger partial charge in [-0.2, -0.15) is 13.4 Å². The predicted molar refractivity (Wildman–Crippen MR) is 173 cm³/mol. The molecule has 1 heterocycles. The number of rotatable bonds is 11. The molecule has 2 amide bonds. The minimum absolute atomic E-state index is 0.0815. The van der Waals surface area contributed by atoms with Crippen LogP contribution in [-0.2, 0) is 35.3 Å². The van der Waals surface area contributed by atoms with Crippen molar-refractivity contribution < 1.29 is 36.3 Å². The Kier molecular flexibility index (Phi) is 14.5. The third-order valence-corrected chi connectivity index (χ3v) is 8.38. The van der Waals surface area contributed by atoms with Gasteiger partial charge < -0.3 is 20.4 Å². The van der Waals surface area contributed by atoms with E-state index in [-0.39, 0.29) is 36.8 Å². The Hall–Kier alpha value is -3.24. The second-order valence-electron chi connectivity index (χ2n) is 10.4. The van der Waals surface area contributed by atoms with Crippen molar-refractivity contribution in [3.8, 4) is 0 Å². The van der Waals surface area contributed by atoms with Gasteiger partial charge in [0.1, 0.15) is 10.9 Å². The smallest absolute Gasteiger partial charge is 0.397 e. The van der Waals surface area contributed by atoms with Crippen LogP contribution in [0.2, 0.25) is 0 Å². The fourth-order valence-electron chi connectivity index (χ4n) is 3.85. The predicted octanol–water partition coefficient (Wildman–Crippen LogP) is 4.21. The van der Waals surface area contributed by atoms with E-state index in [0.717, 1.165) is 24.0 Å². The van der Waals surface area contributed by atoms with Gasteiger partial charge in [0.2, 0.25) is 5.91 Å². The minimum Gasteiger partial charge on any atom is -0.460 e. The molecule has 1 aliphatic heterocycles. The third-order valence-electron chi connectivity index (χ3n) is 5.90. The lowest BCUT2D eigenvalue weighted by atomic mass is 10.1. The molecule has 0 saturated carbocycles. The van der Waals surface area contributed by atoms with Gasteiger partial charge in [-0.3, -0.25) is 23.1 Å². The summed E-state index contributed by atoms with van der Waals surface area (Å²) in [5, 5.41) is 10.1. The van der Waals surface area contributed by atoms with Crippen LogP contribution in [0.25, 0.3) is 0 Å². The highest BCUT2D eigenvalue weighted by molar-refractivity contribution is 8.15. The van der Waals surface area contributed by atoms with Gasteiger partial charge in [0.05, 0.1) is 19.1 Å². The highest BCUT2D eigenvalue weighted by Gasteiger charge is 2.40. The zero-order chi connectivity index (χ0) is 32.9. The number of aliphatic imine (C=N–C) groups is 1. The molecule has 2 atom stereocenters. The molecule has 240 valence electrons. The normalized spacial score (nSPS) is 17.4. The number of nitrogens with zero attached hydrogens (tertiary/aromatic N) is 2. The molecular formula is C29H38N4O8S3. The quantitative estimate of drug-likeness (QED) is 0.103. The summed E-state index contributed by atoms with van der Waals surface area (Å²) in [7, 11) is -3.29. The van der Waals surface area contributed by atoms with Crippen molar-refractivity contribution in [2.75, 3.05) is 20.2 Å². The first-order valence-corrected chi connectivity index (χ1v) is 16.6. The molecule has 12 nitrogen and oxygen atoms in total. The Bertz CT molecular complexity index is 1410. The SMILES string of the molecule is CC1C(C(=O)NCCC(=O)OC(C)(C)C)SC(=NC(=O)c2ccc(SC=N)cc2)N1CCc1ccccc1.COS(=O)(=O)O. The number of benzene rings is 2. The zero-order valence-electron chi connectivity index (χ0n) is 25.2. The van der Waals surface area contributed by atoms with Crippen molar-refractivity contribution in [2.24, 2.45) is 4.99 Å². The van der Waals surface area contributed by atoms with Gasteiger partial charge in [-0.1, -0.05) is 53.9 Å². The monoisotopic (exact) mass is 666 g/mol. The Labute approximate surface area is 266 Å². The number of carbonyl (C=O) groups excluding carboxylic acids is 3. The number of hydrogen-bond acceptors (Lipinski definition) is 10. The van der Waals surface area contributed by atoms with Crippen molar-refractivity contribution in [3.05, 3.63) is 65.7 Å². The molecular weight excluding hydrogens is 629 g/mol. The molecule has 1 fully saturated rings. The lowest BCUT2D eigenvalue weighted by molar-refractivity contribution is -0.154. The molecule has 1 aliphatic rings. The first kappa shape index (κ1) is 36.9. The van der Waals surface area contributed by atoms with E-state index in [2.05, 4.69) is 14.5 Å². The maximum atomic E-state index is 13.1. The van der Waals surface area contributed by atoms with Crippen molar-refractivity contribution in [1.82, 2.24) is 10.2 Å². The molecule has 0 bridgehead atoms. The number of ether oxygens (including phenoxy) is 1. The van der Waals surface area contributed by atoms with E-state index in [4.69, 9.17) is 14.7 Å². The van der Waals surface area contributed by atoms with Crippen LogP contribution in [-0.4, -0.2) is 83.5 Å². The lowest BCUT2D eigenvalue weighted by Crippen LogP contribution is -2.43. The van der Waals surface area contributed by atoms with Gasteiger partial charge in [-0.05, 0) is 63.9 Å². The summed E-state index contributed by atoms with van der Waals surface area (Å²) in [4.78, 5) is 45.4. The van der Waals surface area contributed by atoms with Crippen LogP contribution < -0.4 is 5.32 Å². The number of hydrogen-bond donors (Lipinski definition) is 3. The summed E-state index contributed by atoms with van der Waals surface area (Å²) < 4.78 is 35.0. The van der Waals surface area contributed by atoms with E-state index in [0.29, 0.717) is 17.3 Å². The Morgan fingerprint density at radius 3 is 2.30 bits per heavy atom. The Balaban J connectivity index is 0.00000102. The van der Waals surface area contributed by atoms with Crippen molar-refractivity contribution in [3.63, 3.8) is 0 Å². The molecule has 0 radical (unpaired) electrons. The number of nitrogens with one attached hydrogen (secondary N) is 2. The number of esters is 1. The van der Waals surface area contributed by atoms with Gasteiger partial charge in [-0.25, -0.2) is 0 Å². The van der Waals surface area contributed by atoms with E-state index >= 15 is 0 Å². The fourth-order valence-corrected chi connectivity index (χ4v) is 5.57. The lowest BCUT2D eigenvalue weighted by Gasteiger charge is -2.25. The minimum atomic E-state index is -4.16. The summed E-state index contributed by atoms with van der Waals surface area (Å²) in [6, 6.07) is 16.8. The third kappa shape index (κ3) is 13.2. The Morgan fingerprint density at radius 2 is 1.75 bits per heavy atom. The van der Waals surface area contributed by atoms with Crippen LogP contribution in [0.1, 0.15) is 50.0 Å². The van der Waals surface area contributed by atoms with E-state index < -0.39 is 21.2 Å².